The van der Waals surface area contributed by atoms with Gasteiger partial charge in [0.15, 0.2) is 34.0 Å². The number of nitrogens with two attached hydrogens (primary N) is 1. The van der Waals surface area contributed by atoms with Crippen LogP contribution >= 0.6 is 13.5 Å². The zero-order valence-electron chi connectivity index (χ0n) is 36.3. The van der Waals surface area contributed by atoms with Crippen LogP contribution < -0.4 is 10.5 Å². The molecule has 6 aromatic heterocycles. The van der Waals surface area contributed by atoms with Gasteiger partial charge in [0.25, 0.3) is 0 Å². The smallest absolute Gasteiger partial charge is 0.185 e. The molecule has 0 spiro atoms. The number of aromatic nitrogens is 10. The van der Waals surface area contributed by atoms with Gasteiger partial charge in [-0.05, 0) is 93.2 Å². The largest absolute Gasteiger partial charge is 0.508 e. The normalized spacial score (nSPS) is 16.7. The van der Waals surface area contributed by atoms with Crippen LogP contribution in [-0.2, 0) is 13.1 Å². The number of nitrogens with zero attached hydrogens (tertiary/aromatic N) is 13. The molecule has 0 radical (unpaired) electrons. The maximum absolute atomic E-state index is 13.9. The molecule has 8 aromatic rings. The predicted octanol–water partition coefficient (Wildman–Crippen LogP) is 6.86. The van der Waals surface area contributed by atoms with Crippen molar-refractivity contribution < 1.29 is 18.6 Å². The maximum Gasteiger partial charge on any atom is 0.185 e. The number of aromatic hydroxyl groups is 1. The Bertz CT molecular complexity index is 2990. The Morgan fingerprint density at radius 1 is 0.754 bits per heavy atom. The molecule has 0 amide bonds. The zero-order chi connectivity index (χ0) is 44.5. The van der Waals surface area contributed by atoms with E-state index >= 15 is 0 Å². The van der Waals surface area contributed by atoms with Crippen molar-refractivity contribution in [1.82, 2.24) is 58.8 Å². The molecule has 11 rings (SSSR count). The average Bonchev–Trinajstić information content (AvgIpc) is 3.83. The molecule has 0 unspecified atom stereocenters. The summed E-state index contributed by atoms with van der Waals surface area (Å²) in [5.74, 6) is 3.71. The lowest BCUT2D eigenvalue weighted by atomic mass is 9.86. The highest BCUT2D eigenvalue weighted by molar-refractivity contribution is 7.59. The van der Waals surface area contributed by atoms with Crippen molar-refractivity contribution in [3.05, 3.63) is 120 Å². The van der Waals surface area contributed by atoms with Gasteiger partial charge in [-0.1, -0.05) is 24.3 Å². The minimum Gasteiger partial charge on any atom is -0.508 e. The van der Waals surface area contributed by atoms with Crippen molar-refractivity contribution in [2.45, 2.75) is 45.9 Å². The van der Waals surface area contributed by atoms with E-state index in [1.165, 1.54) is 44.3 Å². The van der Waals surface area contributed by atoms with Gasteiger partial charge in [0.2, 0.25) is 0 Å². The number of imidazole rings is 2. The Morgan fingerprint density at radius 3 is 1.83 bits per heavy atom. The molecule has 2 aromatic carbocycles. The number of benzene rings is 2. The quantitative estimate of drug-likeness (QED) is 0.107. The number of fused-ring (bicyclic) bond motifs is 5. The molecule has 0 saturated carbocycles. The lowest BCUT2D eigenvalue weighted by Gasteiger charge is -2.44. The van der Waals surface area contributed by atoms with Crippen LogP contribution in [0.25, 0.3) is 45.1 Å². The molecular weight excluding hydrogens is 851 g/mol. The Morgan fingerprint density at radius 2 is 1.29 bits per heavy atom. The van der Waals surface area contributed by atoms with Crippen LogP contribution in [-0.4, -0.2) is 110 Å². The van der Waals surface area contributed by atoms with Crippen molar-refractivity contribution in [1.29, 1.82) is 0 Å². The summed E-state index contributed by atoms with van der Waals surface area (Å²) in [5, 5.41) is 9.58. The van der Waals surface area contributed by atoms with E-state index in [1.54, 1.807) is 49.6 Å². The second-order valence-electron chi connectivity index (χ2n) is 16.2. The molecule has 3 aliphatic heterocycles. The number of pyridine rings is 2. The summed E-state index contributed by atoms with van der Waals surface area (Å²) >= 11 is 0. The third-order valence-corrected chi connectivity index (χ3v) is 11.2. The summed E-state index contributed by atoms with van der Waals surface area (Å²) < 4.78 is 38.0. The number of phenolic OH excluding ortho intramolecular Hbond substituents is 1. The van der Waals surface area contributed by atoms with Crippen LogP contribution in [0.15, 0.2) is 90.4 Å². The van der Waals surface area contributed by atoms with Crippen molar-refractivity contribution in [2.24, 2.45) is 10.9 Å². The highest BCUT2D eigenvalue weighted by Gasteiger charge is 2.35. The third kappa shape index (κ3) is 9.85. The Balaban J connectivity index is 0.000000176. The highest BCUT2D eigenvalue weighted by Crippen LogP contribution is 2.33. The van der Waals surface area contributed by atoms with Gasteiger partial charge < -0.3 is 29.6 Å². The summed E-state index contributed by atoms with van der Waals surface area (Å²) in [7, 11) is 3.73. The Kier molecular flexibility index (Phi) is 13.0. The number of aryl methyl sites for hydroxylation is 2. The number of ether oxygens (including phenoxy) is 1. The number of phenols is 1. The van der Waals surface area contributed by atoms with E-state index in [2.05, 4.69) is 44.8 Å². The molecule has 9 heterocycles. The molecule has 3 fully saturated rings. The maximum atomic E-state index is 13.9. The lowest BCUT2D eigenvalue weighted by molar-refractivity contribution is -0.00776. The number of anilines is 1. The SMILES string of the molecule is Cc1nc(N)c2nc(-c3cncc(F)c3)n(Cc3ccc(O[C@@H]4CN5CCC4CC5)cc3)c2n1.Cc1nc(N=CN(C)C)c2nc(-c3cncc(F)c3)n(Cc3ccc(O)cc3)c2n1.S. The van der Waals surface area contributed by atoms with Gasteiger partial charge in [0.1, 0.15) is 52.5 Å². The van der Waals surface area contributed by atoms with E-state index in [1.807, 2.05) is 59.6 Å². The van der Waals surface area contributed by atoms with Gasteiger partial charge in [-0.3, -0.25) is 14.9 Å². The number of rotatable bonds is 10. The summed E-state index contributed by atoms with van der Waals surface area (Å²) in [6.07, 6.45) is 9.81. The van der Waals surface area contributed by atoms with Crippen LogP contribution in [0.5, 0.6) is 11.5 Å². The average molecular weight is 899 g/mol. The number of hydrogen-bond acceptors (Lipinski definition) is 13. The number of piperidine rings is 3. The van der Waals surface area contributed by atoms with E-state index in [9.17, 15) is 13.9 Å². The van der Waals surface area contributed by atoms with E-state index in [0.717, 1.165) is 29.6 Å². The predicted molar refractivity (Wildman–Crippen MR) is 249 cm³/mol. The van der Waals surface area contributed by atoms with Crippen LogP contribution in [0.3, 0.4) is 0 Å². The Labute approximate surface area is 380 Å². The van der Waals surface area contributed by atoms with Crippen molar-refractivity contribution >= 4 is 53.8 Å². The molecule has 3 saturated heterocycles. The van der Waals surface area contributed by atoms with Gasteiger partial charge in [-0.15, -0.1) is 0 Å². The fraction of sp³-hybridized carbons (Fsp3) is 0.283. The molecule has 3 N–H and O–H groups in total. The molecule has 2 bridgehead atoms. The van der Waals surface area contributed by atoms with Crippen LogP contribution in [0.1, 0.15) is 35.6 Å². The van der Waals surface area contributed by atoms with Gasteiger partial charge in [0.05, 0.1) is 31.8 Å². The minimum atomic E-state index is -0.455. The number of hydrogen-bond donors (Lipinski definition) is 2. The monoisotopic (exact) mass is 898 g/mol. The van der Waals surface area contributed by atoms with Crippen LogP contribution in [0, 0.1) is 31.4 Å². The van der Waals surface area contributed by atoms with E-state index in [4.69, 9.17) is 15.5 Å². The standard InChI is InChI=1S/C25H26FN7O.C21H20FN7O.H2S/c1-15-29-23(27)22-25(30-15)33(24(31-22)18-10-19(26)12-28-11-18)13-16-2-4-20(5-3-16)34-21-14-32-8-6-17(21)7-9-32;1-13-25-19(24-12-28(2)3)18-21(26-13)29(11-14-4-6-17(30)7-5-14)20(27-18)15-8-16(22)10-23-9-15;/h2-5,10-12,17,21H,6-9,13-14H2,1H3,(H2,27,29,30);4-10,12,30H,11H2,1-3H3;1H2/t21-;;/m1../s1. The van der Waals surface area contributed by atoms with Gasteiger partial charge in [0, 0.05) is 44.2 Å². The van der Waals surface area contributed by atoms with Gasteiger partial charge in [-0.2, -0.15) is 13.5 Å². The summed E-state index contributed by atoms with van der Waals surface area (Å²) in [6.45, 7) is 7.87. The number of aliphatic imine (C=N–C) groups is 1. The fourth-order valence-electron chi connectivity index (χ4n) is 8.16. The topological polar surface area (TPSA) is 187 Å². The zero-order valence-corrected chi connectivity index (χ0v) is 37.3. The van der Waals surface area contributed by atoms with E-state index in [-0.39, 0.29) is 25.3 Å². The molecule has 334 valence electrons. The fourth-order valence-corrected chi connectivity index (χ4v) is 8.16. The molecule has 65 heavy (non-hydrogen) atoms. The second kappa shape index (κ2) is 18.9. The molecular formula is C46H48F2N14O2S. The molecule has 1 atom stereocenters. The molecule has 16 nitrogen and oxygen atoms in total. The van der Waals surface area contributed by atoms with Crippen molar-refractivity contribution in [3.8, 4) is 34.3 Å². The minimum absolute atomic E-state index is 0. The summed E-state index contributed by atoms with van der Waals surface area (Å²) in [6, 6.07) is 17.8. The number of halogens is 2. The van der Waals surface area contributed by atoms with E-state index in [0.29, 0.717) is 87.4 Å². The second-order valence-corrected chi connectivity index (χ2v) is 16.2. The first-order chi connectivity index (χ1) is 30.9. The highest BCUT2D eigenvalue weighted by atomic mass is 32.1. The van der Waals surface area contributed by atoms with Gasteiger partial charge >= 0.3 is 0 Å². The Hall–Kier alpha value is -7.12. The van der Waals surface area contributed by atoms with E-state index < -0.39 is 11.6 Å². The van der Waals surface area contributed by atoms with Crippen molar-refractivity contribution in [3.63, 3.8) is 0 Å². The number of nitrogen functional groups attached to an aromatic ring is 1. The van der Waals surface area contributed by atoms with Crippen molar-refractivity contribution in [2.75, 3.05) is 39.5 Å². The molecule has 3 aliphatic rings. The first-order valence-electron chi connectivity index (χ1n) is 20.9. The molecule has 19 heteroatoms. The third-order valence-electron chi connectivity index (χ3n) is 11.2. The first-order valence-corrected chi connectivity index (χ1v) is 20.9. The summed E-state index contributed by atoms with van der Waals surface area (Å²) in [4.78, 5) is 43.9. The lowest BCUT2D eigenvalue weighted by Crippen LogP contribution is -2.52. The van der Waals surface area contributed by atoms with Crippen LogP contribution in [0.4, 0.5) is 20.4 Å². The van der Waals surface area contributed by atoms with Crippen LogP contribution in [0.2, 0.25) is 0 Å². The van der Waals surface area contributed by atoms with Gasteiger partial charge in [-0.25, -0.2) is 43.7 Å². The molecule has 0 aliphatic carbocycles. The first kappa shape index (κ1) is 44.5. The summed E-state index contributed by atoms with van der Waals surface area (Å²) in [5.41, 5.74) is 11.4.